The fourth-order valence-electron chi connectivity index (χ4n) is 2.38. The lowest BCUT2D eigenvalue weighted by Gasteiger charge is -2.34. The highest BCUT2D eigenvalue weighted by atomic mass is 32.1. The third-order valence-corrected chi connectivity index (χ3v) is 4.50. The second kappa shape index (κ2) is 5.85. The molecule has 1 saturated carbocycles. The minimum Gasteiger partial charge on any atom is -0.388 e. The van der Waals surface area contributed by atoms with Crippen LogP contribution >= 0.6 is 11.3 Å². The Morgan fingerprint density at radius 2 is 2.28 bits per heavy atom. The van der Waals surface area contributed by atoms with E-state index < -0.39 is 5.60 Å². The van der Waals surface area contributed by atoms with Gasteiger partial charge in [-0.3, -0.25) is 4.79 Å². The zero-order valence-corrected chi connectivity index (χ0v) is 11.6. The van der Waals surface area contributed by atoms with Gasteiger partial charge in [-0.25, -0.2) is 0 Å². The molecule has 1 fully saturated rings. The van der Waals surface area contributed by atoms with Crippen molar-refractivity contribution in [3.63, 3.8) is 0 Å². The fraction of sp³-hybridized carbons (Fsp3) is 0.643. The summed E-state index contributed by atoms with van der Waals surface area (Å²) >= 11 is 1.60. The number of amides is 1. The van der Waals surface area contributed by atoms with Crippen LogP contribution in [-0.2, 0) is 11.2 Å². The van der Waals surface area contributed by atoms with E-state index in [1.165, 1.54) is 0 Å². The van der Waals surface area contributed by atoms with Crippen LogP contribution in [0.25, 0.3) is 0 Å². The van der Waals surface area contributed by atoms with Crippen molar-refractivity contribution in [1.29, 1.82) is 0 Å². The molecule has 0 aromatic carbocycles. The number of thiophene rings is 1. The molecule has 0 radical (unpaired) electrons. The van der Waals surface area contributed by atoms with Crippen molar-refractivity contribution in [1.82, 2.24) is 5.32 Å². The maximum Gasteiger partial charge on any atom is 0.224 e. The molecule has 1 aromatic rings. The summed E-state index contributed by atoms with van der Waals surface area (Å²) in [4.78, 5) is 11.7. The number of nitrogens with one attached hydrogen (secondary N) is 1. The first-order valence-corrected chi connectivity index (χ1v) is 7.52. The van der Waals surface area contributed by atoms with Crippen LogP contribution in [0.3, 0.4) is 0 Å². The minimum absolute atomic E-state index is 0.000414. The predicted molar refractivity (Wildman–Crippen MR) is 73.6 cm³/mol. The largest absolute Gasteiger partial charge is 0.388 e. The molecule has 1 aliphatic rings. The number of rotatable bonds is 4. The van der Waals surface area contributed by atoms with Crippen molar-refractivity contribution >= 4 is 17.2 Å². The molecule has 18 heavy (non-hydrogen) atoms. The van der Waals surface area contributed by atoms with Crippen LogP contribution in [0.1, 0.15) is 38.2 Å². The van der Waals surface area contributed by atoms with E-state index >= 15 is 0 Å². The SMILES string of the molecule is CC1CCC(O)(CNC(=O)Cc2ccsc2)CC1. The quantitative estimate of drug-likeness (QED) is 0.880. The smallest absolute Gasteiger partial charge is 0.224 e. The van der Waals surface area contributed by atoms with Crippen LogP contribution in [0.15, 0.2) is 16.8 Å². The van der Waals surface area contributed by atoms with Gasteiger partial charge in [-0.1, -0.05) is 6.92 Å². The molecule has 0 unspecified atom stereocenters. The zero-order chi connectivity index (χ0) is 13.0. The molecule has 0 bridgehead atoms. The summed E-state index contributed by atoms with van der Waals surface area (Å²) < 4.78 is 0. The van der Waals surface area contributed by atoms with Gasteiger partial charge in [0.25, 0.3) is 0 Å². The van der Waals surface area contributed by atoms with Crippen molar-refractivity contribution in [2.45, 2.75) is 44.6 Å². The number of carbonyl (C=O) groups is 1. The van der Waals surface area contributed by atoms with Crippen LogP contribution in [0.2, 0.25) is 0 Å². The van der Waals surface area contributed by atoms with Gasteiger partial charge in [-0.2, -0.15) is 11.3 Å². The normalized spacial score (nSPS) is 28.0. The lowest BCUT2D eigenvalue weighted by atomic mass is 9.79. The van der Waals surface area contributed by atoms with Gasteiger partial charge < -0.3 is 10.4 Å². The molecule has 0 spiro atoms. The first kappa shape index (κ1) is 13.6. The van der Waals surface area contributed by atoms with Crippen LogP contribution in [0.4, 0.5) is 0 Å². The molecule has 0 aliphatic heterocycles. The van der Waals surface area contributed by atoms with Gasteiger partial charge in [-0.05, 0) is 54.0 Å². The number of carbonyl (C=O) groups excluding carboxylic acids is 1. The van der Waals surface area contributed by atoms with Crippen molar-refractivity contribution in [2.75, 3.05) is 6.54 Å². The molecule has 4 heteroatoms. The van der Waals surface area contributed by atoms with Crippen LogP contribution in [-0.4, -0.2) is 23.2 Å². The second-order valence-corrected chi connectivity index (χ2v) is 6.27. The number of hydrogen-bond donors (Lipinski definition) is 2. The Hall–Kier alpha value is -0.870. The van der Waals surface area contributed by atoms with Gasteiger partial charge in [-0.15, -0.1) is 0 Å². The topological polar surface area (TPSA) is 49.3 Å². The second-order valence-electron chi connectivity index (χ2n) is 5.49. The Morgan fingerprint density at radius 1 is 1.56 bits per heavy atom. The maximum atomic E-state index is 11.7. The standard InChI is InChI=1S/C14H21NO2S/c1-11-2-5-14(17,6-3-11)10-15-13(16)8-12-4-7-18-9-12/h4,7,9,11,17H,2-3,5-6,8,10H2,1H3,(H,15,16). The minimum atomic E-state index is -0.684. The van der Waals surface area contributed by atoms with E-state index in [1.54, 1.807) is 11.3 Å². The third-order valence-electron chi connectivity index (χ3n) is 3.76. The zero-order valence-electron chi connectivity index (χ0n) is 10.8. The van der Waals surface area contributed by atoms with E-state index in [0.29, 0.717) is 18.9 Å². The van der Waals surface area contributed by atoms with Crippen molar-refractivity contribution < 1.29 is 9.90 Å². The lowest BCUT2D eigenvalue weighted by Crippen LogP contribution is -2.45. The highest BCUT2D eigenvalue weighted by Gasteiger charge is 2.31. The van der Waals surface area contributed by atoms with Gasteiger partial charge >= 0.3 is 0 Å². The molecule has 1 heterocycles. The van der Waals surface area contributed by atoms with Crippen molar-refractivity contribution in [3.05, 3.63) is 22.4 Å². The van der Waals surface area contributed by atoms with Gasteiger partial charge in [0, 0.05) is 6.54 Å². The Kier molecular flexibility index (Phi) is 4.40. The predicted octanol–water partition coefficient (Wildman–Crippen LogP) is 2.35. The van der Waals surface area contributed by atoms with Gasteiger partial charge in [0.15, 0.2) is 0 Å². The molecule has 1 aromatic heterocycles. The molecule has 2 N–H and O–H groups in total. The summed E-state index contributed by atoms with van der Waals surface area (Å²) in [7, 11) is 0. The summed E-state index contributed by atoms with van der Waals surface area (Å²) in [5.74, 6) is 0.701. The number of aliphatic hydroxyl groups is 1. The molecule has 0 saturated heterocycles. The molecule has 1 amide bonds. The van der Waals surface area contributed by atoms with Gasteiger partial charge in [0.2, 0.25) is 5.91 Å². The summed E-state index contributed by atoms with van der Waals surface area (Å²) in [6, 6.07) is 1.96. The van der Waals surface area contributed by atoms with Crippen LogP contribution in [0.5, 0.6) is 0 Å². The highest BCUT2D eigenvalue weighted by molar-refractivity contribution is 7.07. The molecular weight excluding hydrogens is 246 g/mol. The van der Waals surface area contributed by atoms with E-state index in [2.05, 4.69) is 12.2 Å². The summed E-state index contributed by atoms with van der Waals surface area (Å²) in [6.45, 7) is 2.61. The third kappa shape index (κ3) is 3.82. The van der Waals surface area contributed by atoms with Crippen molar-refractivity contribution in [2.24, 2.45) is 5.92 Å². The van der Waals surface area contributed by atoms with Gasteiger partial charge in [0.1, 0.15) is 0 Å². The van der Waals surface area contributed by atoms with E-state index in [-0.39, 0.29) is 5.91 Å². The van der Waals surface area contributed by atoms with Crippen molar-refractivity contribution in [3.8, 4) is 0 Å². The van der Waals surface area contributed by atoms with E-state index in [0.717, 1.165) is 31.2 Å². The van der Waals surface area contributed by atoms with Gasteiger partial charge in [0.05, 0.1) is 12.0 Å². The first-order valence-electron chi connectivity index (χ1n) is 6.57. The van der Waals surface area contributed by atoms with E-state index in [9.17, 15) is 9.90 Å². The van der Waals surface area contributed by atoms with E-state index in [4.69, 9.17) is 0 Å². The molecule has 100 valence electrons. The molecule has 3 nitrogen and oxygen atoms in total. The molecule has 1 aliphatic carbocycles. The summed E-state index contributed by atoms with van der Waals surface area (Å²) in [5.41, 5.74) is 0.360. The van der Waals surface area contributed by atoms with Crippen LogP contribution in [0, 0.1) is 5.92 Å². The van der Waals surface area contributed by atoms with Crippen LogP contribution < -0.4 is 5.32 Å². The Labute approximate surface area is 112 Å². The molecular formula is C14H21NO2S. The Morgan fingerprint density at radius 3 is 2.89 bits per heavy atom. The van der Waals surface area contributed by atoms with E-state index in [1.807, 2.05) is 16.8 Å². The Bertz CT molecular complexity index is 381. The Balaban J connectivity index is 1.75. The lowest BCUT2D eigenvalue weighted by molar-refractivity contribution is -0.122. The maximum absolute atomic E-state index is 11.7. The molecule has 2 rings (SSSR count). The molecule has 0 atom stereocenters. The first-order chi connectivity index (χ1) is 8.57. The average Bonchev–Trinajstić information content (AvgIpc) is 2.84. The number of hydrogen-bond acceptors (Lipinski definition) is 3. The monoisotopic (exact) mass is 267 g/mol. The summed E-state index contributed by atoms with van der Waals surface area (Å²) in [5, 5.41) is 17.2. The average molecular weight is 267 g/mol. The highest BCUT2D eigenvalue weighted by Crippen LogP contribution is 2.31. The summed E-state index contributed by atoms with van der Waals surface area (Å²) in [6.07, 6.45) is 4.11. The fourth-order valence-corrected chi connectivity index (χ4v) is 3.05.